The van der Waals surface area contributed by atoms with Crippen LogP contribution in [-0.2, 0) is 14.8 Å². The predicted octanol–water partition coefficient (Wildman–Crippen LogP) is 5.09. The van der Waals surface area contributed by atoms with Gasteiger partial charge in [-0.1, -0.05) is 22.9 Å². The summed E-state index contributed by atoms with van der Waals surface area (Å²) in [6, 6.07) is 8.87. The lowest BCUT2D eigenvalue weighted by atomic mass is 9.97. The summed E-state index contributed by atoms with van der Waals surface area (Å²) < 4.78 is 60.5. The highest BCUT2D eigenvalue weighted by Gasteiger charge is 2.36. The van der Waals surface area contributed by atoms with E-state index < -0.39 is 21.7 Å². The summed E-state index contributed by atoms with van der Waals surface area (Å²) >= 11 is 0. The second-order valence-corrected chi connectivity index (χ2v) is 10.8. The summed E-state index contributed by atoms with van der Waals surface area (Å²) in [5.74, 6) is -2.00. The van der Waals surface area contributed by atoms with Crippen LogP contribution in [0.3, 0.4) is 0 Å². The molecule has 4 rings (SSSR count). The SMILES string of the molecule is Cc1ccc(NC(=O)C2CCN(S(=O)(=O)c3c(C)noc3/C=C/c3ccc(F)cc3F)CC2)c(C)c1. The maximum Gasteiger partial charge on any atom is 0.248 e. The molecule has 1 saturated heterocycles. The van der Waals surface area contributed by atoms with E-state index in [4.69, 9.17) is 4.52 Å². The molecule has 190 valence electrons. The molecule has 2 heterocycles. The molecule has 1 fully saturated rings. The van der Waals surface area contributed by atoms with Crippen molar-refractivity contribution in [1.82, 2.24) is 9.46 Å². The zero-order valence-corrected chi connectivity index (χ0v) is 21.0. The Bertz CT molecular complexity index is 1420. The minimum absolute atomic E-state index is 0.0501. The molecule has 3 aromatic rings. The summed E-state index contributed by atoms with van der Waals surface area (Å²) in [5.41, 5.74) is 3.06. The van der Waals surface area contributed by atoms with Crippen molar-refractivity contribution in [3.63, 3.8) is 0 Å². The number of benzene rings is 2. The molecule has 2 aromatic carbocycles. The number of amides is 1. The van der Waals surface area contributed by atoms with Crippen molar-refractivity contribution in [1.29, 1.82) is 0 Å². The number of hydrogen-bond acceptors (Lipinski definition) is 5. The van der Waals surface area contributed by atoms with E-state index in [1.807, 2.05) is 32.0 Å². The van der Waals surface area contributed by atoms with Crippen LogP contribution in [0.1, 0.15) is 41.0 Å². The fraction of sp³-hybridized carbons (Fsp3) is 0.308. The molecule has 1 aliphatic rings. The minimum atomic E-state index is -3.98. The first-order valence-electron chi connectivity index (χ1n) is 11.5. The molecule has 1 aromatic heterocycles. The van der Waals surface area contributed by atoms with E-state index in [0.717, 1.165) is 28.9 Å². The van der Waals surface area contributed by atoms with Crippen LogP contribution in [0.15, 0.2) is 45.8 Å². The van der Waals surface area contributed by atoms with Crippen molar-refractivity contribution in [2.45, 2.75) is 38.5 Å². The molecule has 1 N–H and O–H groups in total. The molecular weight excluding hydrogens is 488 g/mol. The molecule has 7 nitrogen and oxygen atoms in total. The highest BCUT2D eigenvalue weighted by atomic mass is 32.2. The van der Waals surface area contributed by atoms with Gasteiger partial charge in [-0.2, -0.15) is 4.31 Å². The van der Waals surface area contributed by atoms with Crippen molar-refractivity contribution >= 4 is 33.8 Å². The van der Waals surface area contributed by atoms with E-state index in [1.165, 1.54) is 29.4 Å². The molecular formula is C26H27F2N3O4S. The number of sulfonamides is 1. The van der Waals surface area contributed by atoms with Gasteiger partial charge in [0, 0.05) is 36.3 Å². The number of halogens is 2. The number of nitrogens with zero attached hydrogens (tertiary/aromatic N) is 2. The fourth-order valence-corrected chi connectivity index (χ4v) is 6.00. The Morgan fingerprint density at radius 3 is 2.47 bits per heavy atom. The topological polar surface area (TPSA) is 92.5 Å². The summed E-state index contributed by atoms with van der Waals surface area (Å²) in [6.45, 7) is 5.74. The summed E-state index contributed by atoms with van der Waals surface area (Å²) in [7, 11) is -3.98. The average Bonchev–Trinajstić information content (AvgIpc) is 3.21. The molecule has 10 heteroatoms. The van der Waals surface area contributed by atoms with Crippen molar-refractivity contribution < 1.29 is 26.5 Å². The van der Waals surface area contributed by atoms with Gasteiger partial charge in [0.15, 0.2) is 10.7 Å². The zero-order valence-electron chi connectivity index (χ0n) is 20.2. The third-order valence-corrected chi connectivity index (χ3v) is 8.33. The largest absolute Gasteiger partial charge is 0.355 e. The van der Waals surface area contributed by atoms with Crippen LogP contribution in [0.2, 0.25) is 0 Å². The van der Waals surface area contributed by atoms with Gasteiger partial charge in [-0.25, -0.2) is 17.2 Å². The molecule has 0 unspecified atom stereocenters. The number of carbonyl (C=O) groups excluding carboxylic acids is 1. The van der Waals surface area contributed by atoms with Gasteiger partial charge in [0.2, 0.25) is 15.9 Å². The lowest BCUT2D eigenvalue weighted by Gasteiger charge is -2.30. The Morgan fingerprint density at radius 2 is 1.81 bits per heavy atom. The van der Waals surface area contributed by atoms with E-state index in [1.54, 1.807) is 0 Å². The number of hydrogen-bond donors (Lipinski definition) is 1. The van der Waals surface area contributed by atoms with Crippen LogP contribution in [0.25, 0.3) is 12.2 Å². The first-order chi connectivity index (χ1) is 17.1. The number of carbonyl (C=O) groups is 1. The molecule has 0 bridgehead atoms. The van der Waals surface area contributed by atoms with E-state index in [9.17, 15) is 22.0 Å². The lowest BCUT2D eigenvalue weighted by molar-refractivity contribution is -0.120. The monoisotopic (exact) mass is 515 g/mol. The molecule has 0 radical (unpaired) electrons. The second kappa shape index (κ2) is 10.3. The number of piperidine rings is 1. The molecule has 0 atom stereocenters. The first-order valence-corrected chi connectivity index (χ1v) is 13.0. The smallest absolute Gasteiger partial charge is 0.248 e. The predicted molar refractivity (Wildman–Crippen MR) is 133 cm³/mol. The maximum atomic E-state index is 14.0. The summed E-state index contributed by atoms with van der Waals surface area (Å²) in [5, 5.41) is 6.73. The van der Waals surface area contributed by atoms with Crippen molar-refractivity contribution in [2.24, 2.45) is 5.92 Å². The lowest BCUT2D eigenvalue weighted by Crippen LogP contribution is -2.41. The van der Waals surface area contributed by atoms with E-state index in [2.05, 4.69) is 10.5 Å². The number of anilines is 1. The molecule has 36 heavy (non-hydrogen) atoms. The normalized spacial score (nSPS) is 15.5. The Morgan fingerprint density at radius 1 is 1.08 bits per heavy atom. The summed E-state index contributed by atoms with van der Waals surface area (Å²) in [4.78, 5) is 12.7. The van der Waals surface area contributed by atoms with E-state index in [-0.39, 0.29) is 46.8 Å². The van der Waals surface area contributed by atoms with Crippen LogP contribution in [-0.4, -0.2) is 36.9 Å². The molecule has 1 aliphatic heterocycles. The standard InChI is InChI=1S/C26H27F2N3O4S/c1-16-4-8-23(17(2)14-16)29-26(32)20-10-12-31(13-11-20)36(33,34)25-18(3)30-35-24(25)9-6-19-5-7-21(27)15-22(19)28/h4-9,14-15,20H,10-13H2,1-3H3,(H,29,32)/b9-6+. The maximum absolute atomic E-state index is 14.0. The highest BCUT2D eigenvalue weighted by molar-refractivity contribution is 7.89. The third-order valence-electron chi connectivity index (χ3n) is 6.27. The van der Waals surface area contributed by atoms with Crippen LogP contribution in [0.4, 0.5) is 14.5 Å². The van der Waals surface area contributed by atoms with E-state index >= 15 is 0 Å². The van der Waals surface area contributed by atoms with Gasteiger partial charge < -0.3 is 9.84 Å². The molecule has 0 spiro atoms. The zero-order chi connectivity index (χ0) is 26.0. The Balaban J connectivity index is 1.46. The Hall–Kier alpha value is -3.37. The minimum Gasteiger partial charge on any atom is -0.355 e. The first kappa shape index (κ1) is 25.7. The molecule has 0 saturated carbocycles. The third kappa shape index (κ3) is 5.39. The van der Waals surface area contributed by atoms with Crippen molar-refractivity contribution in [3.05, 3.63) is 76.2 Å². The molecule has 1 amide bonds. The van der Waals surface area contributed by atoms with Crippen LogP contribution < -0.4 is 5.32 Å². The van der Waals surface area contributed by atoms with Gasteiger partial charge in [-0.15, -0.1) is 0 Å². The van der Waals surface area contributed by atoms with Gasteiger partial charge in [-0.3, -0.25) is 4.79 Å². The average molecular weight is 516 g/mol. The van der Waals surface area contributed by atoms with E-state index in [0.29, 0.717) is 12.8 Å². The van der Waals surface area contributed by atoms with Gasteiger partial charge in [0.05, 0.1) is 0 Å². The van der Waals surface area contributed by atoms with Gasteiger partial charge >= 0.3 is 0 Å². The quantitative estimate of drug-likeness (QED) is 0.494. The number of nitrogens with one attached hydrogen (secondary N) is 1. The Kier molecular flexibility index (Phi) is 7.37. The number of aromatic nitrogens is 1. The van der Waals surface area contributed by atoms with Crippen LogP contribution in [0.5, 0.6) is 0 Å². The molecule has 0 aliphatic carbocycles. The van der Waals surface area contributed by atoms with Gasteiger partial charge in [0.1, 0.15) is 17.3 Å². The van der Waals surface area contributed by atoms with Gasteiger partial charge in [0.25, 0.3) is 0 Å². The number of aryl methyl sites for hydroxylation is 3. The summed E-state index contributed by atoms with van der Waals surface area (Å²) in [6.07, 6.45) is 3.34. The Labute approximate surface area is 208 Å². The van der Waals surface area contributed by atoms with Crippen molar-refractivity contribution in [3.8, 4) is 0 Å². The number of rotatable bonds is 6. The van der Waals surface area contributed by atoms with Crippen LogP contribution >= 0.6 is 0 Å². The highest BCUT2D eigenvalue weighted by Crippen LogP contribution is 2.30. The van der Waals surface area contributed by atoms with Crippen LogP contribution in [0, 0.1) is 38.3 Å². The van der Waals surface area contributed by atoms with Gasteiger partial charge in [-0.05, 0) is 69.5 Å². The second-order valence-electron chi connectivity index (χ2n) is 8.95. The van der Waals surface area contributed by atoms with Crippen molar-refractivity contribution in [2.75, 3.05) is 18.4 Å². The fourth-order valence-electron chi connectivity index (χ4n) is 4.28.